The van der Waals surface area contributed by atoms with Crippen LogP contribution in [0.1, 0.15) is 6.92 Å². The molecular weight excluding hydrogens is 340 g/mol. The van der Waals surface area contributed by atoms with Gasteiger partial charge in [-0.2, -0.15) is 0 Å². The zero-order valence-electron chi connectivity index (χ0n) is 13.0. The van der Waals surface area contributed by atoms with Crippen molar-refractivity contribution in [2.24, 2.45) is 0 Å². The molecule has 120 valence electrons. The second-order valence-electron chi connectivity index (χ2n) is 5.11. The lowest BCUT2D eigenvalue weighted by Crippen LogP contribution is -2.07. The van der Waals surface area contributed by atoms with Gasteiger partial charge in [-0.05, 0) is 37.3 Å². The lowest BCUT2D eigenvalue weighted by Gasteiger charge is -2.04. The summed E-state index contributed by atoms with van der Waals surface area (Å²) < 4.78 is 0. The third-order valence-electron chi connectivity index (χ3n) is 3.34. The van der Waals surface area contributed by atoms with Gasteiger partial charge in [0, 0.05) is 27.2 Å². The molecule has 3 nitrogen and oxygen atoms in total. The maximum atomic E-state index is 11.7. The minimum Gasteiger partial charge on any atom is -0.323 e. The summed E-state index contributed by atoms with van der Waals surface area (Å²) in [5, 5.41) is 6.49. The van der Waals surface area contributed by atoms with E-state index in [1.54, 1.807) is 17.4 Å². The van der Waals surface area contributed by atoms with Crippen molar-refractivity contribution in [3.63, 3.8) is 0 Å². The van der Waals surface area contributed by atoms with Gasteiger partial charge in [0.15, 0.2) is 0 Å². The van der Waals surface area contributed by atoms with Gasteiger partial charge in [-0.3, -0.25) is 4.79 Å². The second-order valence-corrected chi connectivity index (χ2v) is 6.41. The Hall–Kier alpha value is -2.43. The number of nitrogens with one attached hydrogen (secondary N) is 1. The van der Waals surface area contributed by atoms with Gasteiger partial charge in [-0.1, -0.05) is 41.9 Å². The second kappa shape index (κ2) is 7.43. The fraction of sp³-hybridized carbons (Fsp3) is 0.0526. The Balaban J connectivity index is 1.85. The molecule has 1 amide bonds. The van der Waals surface area contributed by atoms with E-state index in [1.807, 2.05) is 60.8 Å². The van der Waals surface area contributed by atoms with Gasteiger partial charge in [-0.15, -0.1) is 11.3 Å². The Labute approximate surface area is 149 Å². The highest BCUT2D eigenvalue weighted by Gasteiger charge is 2.08. The molecule has 0 radical (unpaired) electrons. The first kappa shape index (κ1) is 16.4. The molecule has 0 aliphatic rings. The highest BCUT2D eigenvalue weighted by atomic mass is 35.5. The minimum absolute atomic E-state index is 0.144. The van der Waals surface area contributed by atoms with Crippen molar-refractivity contribution in [1.29, 1.82) is 0 Å². The first-order valence-corrected chi connectivity index (χ1v) is 8.67. The van der Waals surface area contributed by atoms with E-state index in [0.29, 0.717) is 5.02 Å². The molecule has 0 aliphatic carbocycles. The van der Waals surface area contributed by atoms with Crippen LogP contribution in [0.15, 0.2) is 66.1 Å². The molecule has 0 bridgehead atoms. The molecule has 0 unspecified atom stereocenters. The largest absolute Gasteiger partial charge is 0.323 e. The third kappa shape index (κ3) is 3.91. The fourth-order valence-corrected chi connectivity index (χ4v) is 3.18. The molecular formula is C19H15ClN2OS. The number of benzene rings is 2. The van der Waals surface area contributed by atoms with E-state index in [2.05, 4.69) is 10.3 Å². The first-order chi connectivity index (χ1) is 11.7. The van der Waals surface area contributed by atoms with Gasteiger partial charge in [0.1, 0.15) is 5.01 Å². The highest BCUT2D eigenvalue weighted by molar-refractivity contribution is 7.13. The van der Waals surface area contributed by atoms with Crippen LogP contribution in [0.5, 0.6) is 0 Å². The number of carbonyl (C=O) groups excluding carboxylic acids is 1. The Morgan fingerprint density at radius 2 is 1.96 bits per heavy atom. The number of thiazole rings is 1. The zero-order chi connectivity index (χ0) is 16.9. The Morgan fingerprint density at radius 3 is 2.71 bits per heavy atom. The van der Waals surface area contributed by atoms with Crippen LogP contribution in [0.25, 0.3) is 21.8 Å². The van der Waals surface area contributed by atoms with Gasteiger partial charge in [0.05, 0.1) is 5.69 Å². The SMILES string of the molecule is C/C=C/C(=O)Nc1cccc(-c2csc(-c3ccc(Cl)cc3)n2)c1. The van der Waals surface area contributed by atoms with Crippen molar-refractivity contribution in [1.82, 2.24) is 4.98 Å². The van der Waals surface area contributed by atoms with Crippen LogP contribution in [0, 0.1) is 0 Å². The molecule has 0 atom stereocenters. The predicted molar refractivity (Wildman–Crippen MR) is 101 cm³/mol. The predicted octanol–water partition coefficient (Wildman–Crippen LogP) is 5.65. The van der Waals surface area contributed by atoms with Crippen LogP contribution in [-0.2, 0) is 4.79 Å². The minimum atomic E-state index is -0.144. The number of amides is 1. The number of carbonyl (C=O) groups is 1. The van der Waals surface area contributed by atoms with Crippen LogP contribution in [0.2, 0.25) is 5.02 Å². The summed E-state index contributed by atoms with van der Waals surface area (Å²) in [7, 11) is 0. The van der Waals surface area contributed by atoms with E-state index in [1.165, 1.54) is 6.08 Å². The average molecular weight is 355 g/mol. The van der Waals surface area contributed by atoms with E-state index in [9.17, 15) is 4.79 Å². The Morgan fingerprint density at radius 1 is 1.17 bits per heavy atom. The Bertz CT molecular complexity index is 884. The van der Waals surface area contributed by atoms with Gasteiger partial charge >= 0.3 is 0 Å². The number of hydrogen-bond donors (Lipinski definition) is 1. The maximum absolute atomic E-state index is 11.7. The number of nitrogens with zero attached hydrogens (tertiary/aromatic N) is 1. The van der Waals surface area contributed by atoms with Crippen molar-refractivity contribution in [2.45, 2.75) is 6.92 Å². The number of anilines is 1. The molecule has 1 aromatic heterocycles. The number of hydrogen-bond acceptors (Lipinski definition) is 3. The van der Waals surface area contributed by atoms with Crippen molar-refractivity contribution >= 4 is 34.5 Å². The van der Waals surface area contributed by atoms with Crippen molar-refractivity contribution < 1.29 is 4.79 Å². The summed E-state index contributed by atoms with van der Waals surface area (Å²) in [5.41, 5.74) is 3.63. The maximum Gasteiger partial charge on any atom is 0.248 e. The topological polar surface area (TPSA) is 42.0 Å². The molecule has 2 aromatic carbocycles. The molecule has 1 N–H and O–H groups in total. The first-order valence-electron chi connectivity index (χ1n) is 7.41. The summed E-state index contributed by atoms with van der Waals surface area (Å²) >= 11 is 7.50. The highest BCUT2D eigenvalue weighted by Crippen LogP contribution is 2.30. The Kier molecular flexibility index (Phi) is 5.08. The third-order valence-corrected chi connectivity index (χ3v) is 4.48. The quantitative estimate of drug-likeness (QED) is 0.615. The van der Waals surface area contributed by atoms with Crippen molar-refractivity contribution in [3.8, 4) is 21.8 Å². The number of allylic oxidation sites excluding steroid dienone is 1. The van der Waals surface area contributed by atoms with E-state index >= 15 is 0 Å². The van der Waals surface area contributed by atoms with Gasteiger partial charge < -0.3 is 5.32 Å². The monoisotopic (exact) mass is 354 g/mol. The normalized spacial score (nSPS) is 10.9. The summed E-state index contributed by atoms with van der Waals surface area (Å²) in [6, 6.07) is 15.3. The van der Waals surface area contributed by atoms with Gasteiger partial charge in [-0.25, -0.2) is 4.98 Å². The van der Waals surface area contributed by atoms with Crippen LogP contribution >= 0.6 is 22.9 Å². The molecule has 24 heavy (non-hydrogen) atoms. The molecule has 0 spiro atoms. The summed E-state index contributed by atoms with van der Waals surface area (Å²) in [6.45, 7) is 1.81. The molecule has 0 saturated carbocycles. The molecule has 0 saturated heterocycles. The van der Waals surface area contributed by atoms with E-state index in [0.717, 1.165) is 27.5 Å². The number of rotatable bonds is 4. The van der Waals surface area contributed by atoms with E-state index in [4.69, 9.17) is 11.6 Å². The molecule has 5 heteroatoms. The lowest BCUT2D eigenvalue weighted by molar-refractivity contribution is -0.111. The van der Waals surface area contributed by atoms with Gasteiger partial charge in [0.25, 0.3) is 0 Å². The standard InChI is InChI=1S/C19H15ClN2OS/c1-2-4-18(23)21-16-6-3-5-14(11-16)17-12-24-19(22-17)13-7-9-15(20)10-8-13/h2-12H,1H3,(H,21,23)/b4-2+. The van der Waals surface area contributed by atoms with Crippen molar-refractivity contribution in [2.75, 3.05) is 5.32 Å². The number of halogens is 1. The van der Waals surface area contributed by atoms with Crippen LogP contribution in [-0.4, -0.2) is 10.9 Å². The van der Waals surface area contributed by atoms with Gasteiger partial charge in [0.2, 0.25) is 5.91 Å². The average Bonchev–Trinajstić information content (AvgIpc) is 3.06. The fourth-order valence-electron chi connectivity index (χ4n) is 2.22. The molecule has 0 aliphatic heterocycles. The molecule has 3 rings (SSSR count). The van der Waals surface area contributed by atoms with Crippen LogP contribution in [0.4, 0.5) is 5.69 Å². The smallest absolute Gasteiger partial charge is 0.248 e. The number of aromatic nitrogens is 1. The van der Waals surface area contributed by atoms with E-state index < -0.39 is 0 Å². The summed E-state index contributed by atoms with van der Waals surface area (Å²) in [5.74, 6) is -0.144. The zero-order valence-corrected chi connectivity index (χ0v) is 14.6. The molecule has 3 aromatic rings. The van der Waals surface area contributed by atoms with E-state index in [-0.39, 0.29) is 5.91 Å². The molecule has 0 fully saturated rings. The lowest BCUT2D eigenvalue weighted by atomic mass is 10.1. The summed E-state index contributed by atoms with van der Waals surface area (Å²) in [4.78, 5) is 16.3. The van der Waals surface area contributed by atoms with Crippen LogP contribution < -0.4 is 5.32 Å². The molecule has 1 heterocycles. The van der Waals surface area contributed by atoms with Crippen LogP contribution in [0.3, 0.4) is 0 Å². The summed E-state index contributed by atoms with van der Waals surface area (Å²) in [6.07, 6.45) is 3.20. The van der Waals surface area contributed by atoms with Crippen molar-refractivity contribution in [3.05, 3.63) is 71.1 Å².